The molecule has 0 aromatic heterocycles. The Morgan fingerprint density at radius 3 is 2.18 bits per heavy atom. The average Bonchev–Trinajstić information content (AvgIpc) is 2.45. The van der Waals surface area contributed by atoms with Crippen molar-refractivity contribution in [3.05, 3.63) is 0 Å². The Morgan fingerprint density at radius 1 is 0.955 bits per heavy atom. The summed E-state index contributed by atoms with van der Waals surface area (Å²) in [6.07, 6.45) is 6.85. The Bertz CT molecular complexity index is 305. The normalized spacial score (nSPS) is 12.0. The molecule has 0 aliphatic carbocycles. The topological polar surface area (TPSA) is 64.6 Å². The number of hydrogen-bond acceptors (Lipinski definition) is 4. The molecule has 0 aliphatic rings. The average molecular weight is 315 g/mol. The number of esters is 1. The first-order chi connectivity index (χ1) is 10.5. The summed E-state index contributed by atoms with van der Waals surface area (Å²) in [5.41, 5.74) is 0. The smallest absolute Gasteiger partial charge is 0.407 e. The summed E-state index contributed by atoms with van der Waals surface area (Å²) in [5, 5.41) is 2.58. The molecule has 0 aliphatic heterocycles. The lowest BCUT2D eigenvalue weighted by Gasteiger charge is -2.19. The highest BCUT2D eigenvalue weighted by Gasteiger charge is 2.23. The number of nitrogens with one attached hydrogen (secondary N) is 1. The van der Waals surface area contributed by atoms with Gasteiger partial charge in [0.2, 0.25) is 0 Å². The van der Waals surface area contributed by atoms with Gasteiger partial charge < -0.3 is 14.8 Å². The second-order valence-electron chi connectivity index (χ2n) is 5.98. The second-order valence-corrected chi connectivity index (χ2v) is 5.98. The van der Waals surface area contributed by atoms with Crippen molar-refractivity contribution in [3.8, 4) is 0 Å². The first-order valence-electron chi connectivity index (χ1n) is 8.61. The Hall–Kier alpha value is -1.26. The predicted octanol–water partition coefficient (Wildman–Crippen LogP) is 4.05. The van der Waals surface area contributed by atoms with Crippen LogP contribution in [0.1, 0.15) is 72.6 Å². The van der Waals surface area contributed by atoms with E-state index in [2.05, 4.69) is 12.2 Å². The monoisotopic (exact) mass is 315 g/mol. The molecular weight excluding hydrogens is 282 g/mol. The van der Waals surface area contributed by atoms with Gasteiger partial charge in [0.05, 0.1) is 13.2 Å². The Labute approximate surface area is 135 Å². The molecule has 0 saturated heterocycles. The lowest BCUT2D eigenvalue weighted by Crippen LogP contribution is -2.43. The molecule has 0 rings (SSSR count). The van der Waals surface area contributed by atoms with E-state index >= 15 is 0 Å². The number of amides is 1. The molecule has 1 N–H and O–H groups in total. The maximum atomic E-state index is 12.1. The van der Waals surface area contributed by atoms with E-state index in [1.165, 1.54) is 25.7 Å². The van der Waals surface area contributed by atoms with Crippen molar-refractivity contribution in [1.82, 2.24) is 5.32 Å². The number of rotatable bonds is 12. The molecule has 0 saturated carbocycles. The summed E-state index contributed by atoms with van der Waals surface area (Å²) in [7, 11) is 0. The number of carbonyl (C=O) groups is 2. The number of carbonyl (C=O) groups excluding carboxylic acids is 2. The highest BCUT2D eigenvalue weighted by molar-refractivity contribution is 5.81. The third-order valence-electron chi connectivity index (χ3n) is 3.30. The van der Waals surface area contributed by atoms with Gasteiger partial charge in [-0.15, -0.1) is 0 Å². The number of hydrogen-bond donors (Lipinski definition) is 1. The SMILES string of the molecule is CCCCCCCCOC(=O)C(CC(C)C)NC(=O)OCC. The van der Waals surface area contributed by atoms with E-state index in [-0.39, 0.29) is 18.5 Å². The van der Waals surface area contributed by atoms with Gasteiger partial charge in [-0.25, -0.2) is 9.59 Å². The molecule has 1 amide bonds. The van der Waals surface area contributed by atoms with E-state index in [0.717, 1.165) is 12.8 Å². The molecule has 0 fully saturated rings. The minimum atomic E-state index is -0.626. The zero-order valence-corrected chi connectivity index (χ0v) is 14.7. The highest BCUT2D eigenvalue weighted by Crippen LogP contribution is 2.09. The van der Waals surface area contributed by atoms with E-state index < -0.39 is 12.1 Å². The zero-order valence-electron chi connectivity index (χ0n) is 14.7. The van der Waals surface area contributed by atoms with Crippen LogP contribution < -0.4 is 5.32 Å². The fraction of sp³-hybridized carbons (Fsp3) is 0.882. The van der Waals surface area contributed by atoms with Crippen molar-refractivity contribution < 1.29 is 19.1 Å². The lowest BCUT2D eigenvalue weighted by molar-refractivity contribution is -0.146. The maximum Gasteiger partial charge on any atom is 0.407 e. The van der Waals surface area contributed by atoms with Gasteiger partial charge in [-0.05, 0) is 25.7 Å². The van der Waals surface area contributed by atoms with Gasteiger partial charge in [-0.1, -0.05) is 52.9 Å². The minimum Gasteiger partial charge on any atom is -0.464 e. The van der Waals surface area contributed by atoms with Crippen molar-refractivity contribution in [2.45, 2.75) is 78.7 Å². The van der Waals surface area contributed by atoms with Gasteiger partial charge in [-0.2, -0.15) is 0 Å². The summed E-state index contributed by atoms with van der Waals surface area (Å²) >= 11 is 0. The Morgan fingerprint density at radius 2 is 1.59 bits per heavy atom. The summed E-state index contributed by atoms with van der Waals surface area (Å²) in [6.45, 7) is 8.62. The van der Waals surface area contributed by atoms with E-state index in [9.17, 15) is 9.59 Å². The molecule has 0 bridgehead atoms. The van der Waals surface area contributed by atoms with Gasteiger partial charge >= 0.3 is 12.1 Å². The lowest BCUT2D eigenvalue weighted by atomic mass is 10.0. The van der Waals surface area contributed by atoms with Crippen LogP contribution in [0.5, 0.6) is 0 Å². The zero-order chi connectivity index (χ0) is 16.8. The highest BCUT2D eigenvalue weighted by atomic mass is 16.6. The van der Waals surface area contributed by atoms with Gasteiger partial charge in [-0.3, -0.25) is 0 Å². The molecule has 0 heterocycles. The van der Waals surface area contributed by atoms with Gasteiger partial charge in [0.1, 0.15) is 6.04 Å². The van der Waals surface area contributed by atoms with Crippen LogP contribution in [0.4, 0.5) is 4.79 Å². The van der Waals surface area contributed by atoms with Crippen molar-refractivity contribution in [2.24, 2.45) is 5.92 Å². The first kappa shape index (κ1) is 20.7. The summed E-state index contributed by atoms with van der Waals surface area (Å²) in [6, 6.07) is -0.626. The van der Waals surface area contributed by atoms with Gasteiger partial charge in [0.15, 0.2) is 0 Å². The molecule has 0 aromatic carbocycles. The van der Waals surface area contributed by atoms with Gasteiger partial charge in [0, 0.05) is 0 Å². The van der Waals surface area contributed by atoms with Crippen LogP contribution in [0.3, 0.4) is 0 Å². The molecule has 1 unspecified atom stereocenters. The number of unbranched alkanes of at least 4 members (excludes halogenated alkanes) is 5. The van der Waals surface area contributed by atoms with Crippen LogP contribution >= 0.6 is 0 Å². The van der Waals surface area contributed by atoms with Crippen molar-refractivity contribution in [1.29, 1.82) is 0 Å². The van der Waals surface area contributed by atoms with Crippen LogP contribution in [0, 0.1) is 5.92 Å². The van der Waals surface area contributed by atoms with Crippen molar-refractivity contribution in [3.63, 3.8) is 0 Å². The van der Waals surface area contributed by atoms with Crippen molar-refractivity contribution in [2.75, 3.05) is 13.2 Å². The molecule has 22 heavy (non-hydrogen) atoms. The second kappa shape index (κ2) is 13.4. The number of ether oxygens (including phenoxy) is 2. The molecule has 5 nitrogen and oxygen atoms in total. The van der Waals surface area contributed by atoms with Crippen LogP contribution in [0.15, 0.2) is 0 Å². The van der Waals surface area contributed by atoms with Crippen molar-refractivity contribution >= 4 is 12.1 Å². The minimum absolute atomic E-state index is 0.285. The first-order valence-corrected chi connectivity index (χ1v) is 8.61. The van der Waals surface area contributed by atoms with E-state index in [1.54, 1.807) is 6.92 Å². The van der Waals surface area contributed by atoms with Crippen LogP contribution in [-0.4, -0.2) is 31.3 Å². The maximum absolute atomic E-state index is 12.1. The van der Waals surface area contributed by atoms with E-state index in [1.807, 2.05) is 13.8 Å². The van der Waals surface area contributed by atoms with Crippen LogP contribution in [0.2, 0.25) is 0 Å². The summed E-state index contributed by atoms with van der Waals surface area (Å²) in [4.78, 5) is 23.5. The summed E-state index contributed by atoms with van der Waals surface area (Å²) < 4.78 is 10.1. The summed E-state index contributed by atoms with van der Waals surface area (Å²) in [5.74, 6) is -0.0798. The molecule has 0 aromatic rings. The number of alkyl carbamates (subject to hydrolysis) is 1. The van der Waals surface area contributed by atoms with E-state index in [4.69, 9.17) is 9.47 Å². The Balaban J connectivity index is 4.03. The van der Waals surface area contributed by atoms with Gasteiger partial charge in [0.25, 0.3) is 0 Å². The molecule has 1 atom stereocenters. The largest absolute Gasteiger partial charge is 0.464 e. The third-order valence-corrected chi connectivity index (χ3v) is 3.30. The molecule has 5 heteroatoms. The standard InChI is InChI=1S/C17H33NO4/c1-5-7-8-9-10-11-12-22-16(19)15(13-14(3)4)18-17(20)21-6-2/h14-15H,5-13H2,1-4H3,(H,18,20). The molecule has 0 spiro atoms. The van der Waals surface area contributed by atoms with Crippen LogP contribution in [0.25, 0.3) is 0 Å². The molecular formula is C17H33NO4. The Kier molecular flexibility index (Phi) is 12.6. The fourth-order valence-corrected chi connectivity index (χ4v) is 2.16. The quantitative estimate of drug-likeness (QED) is 0.436. The van der Waals surface area contributed by atoms with Crippen LogP contribution in [-0.2, 0) is 14.3 Å². The third kappa shape index (κ3) is 11.4. The fourth-order valence-electron chi connectivity index (χ4n) is 2.16. The molecule has 130 valence electrons. The van der Waals surface area contributed by atoms with E-state index in [0.29, 0.717) is 13.0 Å². The predicted molar refractivity (Wildman–Crippen MR) is 87.7 cm³/mol. The molecule has 0 radical (unpaired) electrons.